The highest BCUT2D eigenvalue weighted by Crippen LogP contribution is 2.25. The minimum atomic E-state index is -0.558. The summed E-state index contributed by atoms with van der Waals surface area (Å²) in [5, 5.41) is 14.9. The highest BCUT2D eigenvalue weighted by atomic mass is 16.5. The van der Waals surface area contributed by atoms with E-state index in [4.69, 9.17) is 4.74 Å². The van der Waals surface area contributed by atoms with Crippen LogP contribution in [0.25, 0.3) is 6.08 Å². The van der Waals surface area contributed by atoms with E-state index in [0.717, 1.165) is 12.0 Å². The maximum absolute atomic E-state index is 12.0. The van der Waals surface area contributed by atoms with Crippen LogP contribution in [0.4, 0.5) is 0 Å². The van der Waals surface area contributed by atoms with Crippen molar-refractivity contribution in [1.82, 2.24) is 10.6 Å². The number of para-hydroxylation sites is 2. The SMILES string of the molecule is CCCC(=O)NC.CNC(=Cc1ccccc1)C(=O)Oc1ccccc1O. The average molecular weight is 370 g/mol. The second-order valence-electron chi connectivity index (χ2n) is 5.50. The van der Waals surface area contributed by atoms with E-state index in [-0.39, 0.29) is 17.4 Å². The van der Waals surface area contributed by atoms with Crippen LogP contribution in [0.15, 0.2) is 60.3 Å². The van der Waals surface area contributed by atoms with E-state index in [1.54, 1.807) is 32.3 Å². The molecule has 0 unspecified atom stereocenters. The van der Waals surface area contributed by atoms with Crippen molar-refractivity contribution in [2.45, 2.75) is 19.8 Å². The van der Waals surface area contributed by atoms with E-state index in [2.05, 4.69) is 10.6 Å². The van der Waals surface area contributed by atoms with E-state index in [9.17, 15) is 14.7 Å². The molecule has 1 amide bonds. The number of carbonyl (C=O) groups excluding carboxylic acids is 2. The lowest BCUT2D eigenvalue weighted by molar-refractivity contribution is -0.130. The third-order valence-corrected chi connectivity index (χ3v) is 3.42. The second kappa shape index (κ2) is 12.1. The minimum Gasteiger partial charge on any atom is -0.504 e. The Hall–Kier alpha value is -3.28. The number of hydrogen-bond donors (Lipinski definition) is 3. The van der Waals surface area contributed by atoms with Gasteiger partial charge in [-0.1, -0.05) is 49.4 Å². The summed E-state index contributed by atoms with van der Waals surface area (Å²) in [4.78, 5) is 22.3. The van der Waals surface area contributed by atoms with Gasteiger partial charge in [-0.05, 0) is 30.2 Å². The number of ether oxygens (including phenoxy) is 1. The van der Waals surface area contributed by atoms with Gasteiger partial charge in [0.15, 0.2) is 11.5 Å². The number of esters is 1. The van der Waals surface area contributed by atoms with Crippen LogP contribution in [-0.2, 0) is 9.59 Å². The number of benzene rings is 2. The van der Waals surface area contributed by atoms with Gasteiger partial charge in [0.1, 0.15) is 5.70 Å². The van der Waals surface area contributed by atoms with Gasteiger partial charge in [-0.3, -0.25) is 4.79 Å². The Balaban J connectivity index is 0.000000445. The van der Waals surface area contributed by atoms with Crippen molar-refractivity contribution in [3.05, 3.63) is 65.9 Å². The van der Waals surface area contributed by atoms with E-state index < -0.39 is 5.97 Å². The Bertz CT molecular complexity index is 758. The Morgan fingerprint density at radius 3 is 2.15 bits per heavy atom. The van der Waals surface area contributed by atoms with E-state index >= 15 is 0 Å². The molecule has 0 atom stereocenters. The molecule has 0 radical (unpaired) electrons. The Morgan fingerprint density at radius 2 is 1.63 bits per heavy atom. The number of amides is 1. The van der Waals surface area contributed by atoms with Crippen LogP contribution >= 0.6 is 0 Å². The highest BCUT2D eigenvalue weighted by Gasteiger charge is 2.12. The molecule has 0 saturated carbocycles. The van der Waals surface area contributed by atoms with Crippen LogP contribution < -0.4 is 15.4 Å². The molecule has 0 saturated heterocycles. The summed E-state index contributed by atoms with van der Waals surface area (Å²) in [6.45, 7) is 1.98. The lowest BCUT2D eigenvalue weighted by atomic mass is 10.2. The van der Waals surface area contributed by atoms with Gasteiger partial charge in [-0.15, -0.1) is 0 Å². The van der Waals surface area contributed by atoms with Gasteiger partial charge < -0.3 is 20.5 Å². The summed E-state index contributed by atoms with van der Waals surface area (Å²) >= 11 is 0. The number of phenols is 1. The summed E-state index contributed by atoms with van der Waals surface area (Å²) in [7, 11) is 3.29. The molecule has 0 aliphatic rings. The monoisotopic (exact) mass is 370 g/mol. The molecule has 0 aliphatic heterocycles. The maximum Gasteiger partial charge on any atom is 0.359 e. The fourth-order valence-electron chi connectivity index (χ4n) is 2.00. The number of rotatable bonds is 6. The molecule has 3 N–H and O–H groups in total. The predicted molar refractivity (Wildman–Crippen MR) is 106 cm³/mol. The lowest BCUT2D eigenvalue weighted by Gasteiger charge is -2.08. The van der Waals surface area contributed by atoms with Crippen LogP contribution in [0.1, 0.15) is 25.3 Å². The fourth-order valence-corrected chi connectivity index (χ4v) is 2.00. The molecule has 6 heteroatoms. The topological polar surface area (TPSA) is 87.7 Å². The quantitative estimate of drug-likeness (QED) is 0.413. The second-order valence-corrected chi connectivity index (χ2v) is 5.50. The summed E-state index contributed by atoms with van der Waals surface area (Å²) in [5.41, 5.74) is 1.19. The number of carbonyl (C=O) groups is 2. The number of nitrogens with one attached hydrogen (secondary N) is 2. The van der Waals surface area contributed by atoms with Crippen molar-refractivity contribution in [3.63, 3.8) is 0 Å². The zero-order valence-electron chi connectivity index (χ0n) is 15.9. The molecule has 2 aromatic rings. The van der Waals surface area contributed by atoms with Crippen LogP contribution in [0.3, 0.4) is 0 Å². The zero-order valence-corrected chi connectivity index (χ0v) is 15.9. The van der Waals surface area contributed by atoms with E-state index in [1.165, 1.54) is 12.1 Å². The first kappa shape index (κ1) is 21.8. The third kappa shape index (κ3) is 8.09. The predicted octanol–water partition coefficient (Wildman–Crippen LogP) is 3.09. The van der Waals surface area contributed by atoms with Gasteiger partial charge in [0.2, 0.25) is 5.91 Å². The van der Waals surface area contributed by atoms with Crippen LogP contribution in [-0.4, -0.2) is 31.1 Å². The molecule has 144 valence electrons. The van der Waals surface area contributed by atoms with Crippen molar-refractivity contribution >= 4 is 18.0 Å². The Morgan fingerprint density at radius 1 is 1.00 bits per heavy atom. The van der Waals surface area contributed by atoms with Gasteiger partial charge >= 0.3 is 5.97 Å². The highest BCUT2D eigenvalue weighted by molar-refractivity contribution is 5.94. The van der Waals surface area contributed by atoms with Crippen LogP contribution in [0.5, 0.6) is 11.5 Å². The maximum atomic E-state index is 12.0. The summed E-state index contributed by atoms with van der Waals surface area (Å²) in [6.07, 6.45) is 3.26. The molecule has 0 heterocycles. The summed E-state index contributed by atoms with van der Waals surface area (Å²) in [6, 6.07) is 15.8. The molecule has 6 nitrogen and oxygen atoms in total. The third-order valence-electron chi connectivity index (χ3n) is 3.42. The van der Waals surface area contributed by atoms with Crippen molar-refractivity contribution in [2.75, 3.05) is 14.1 Å². The fraction of sp³-hybridized carbons (Fsp3) is 0.238. The largest absolute Gasteiger partial charge is 0.504 e. The average Bonchev–Trinajstić information content (AvgIpc) is 2.69. The van der Waals surface area contributed by atoms with Gasteiger partial charge in [0.05, 0.1) is 0 Å². The summed E-state index contributed by atoms with van der Waals surface area (Å²) < 4.78 is 5.15. The molecule has 0 aliphatic carbocycles. The number of aromatic hydroxyl groups is 1. The van der Waals surface area contributed by atoms with E-state index in [0.29, 0.717) is 12.1 Å². The van der Waals surface area contributed by atoms with Crippen LogP contribution in [0.2, 0.25) is 0 Å². The molecule has 0 aromatic heterocycles. The first-order chi connectivity index (χ1) is 13.0. The molecule has 27 heavy (non-hydrogen) atoms. The van der Waals surface area contributed by atoms with Crippen molar-refractivity contribution < 1.29 is 19.4 Å². The Labute approximate surface area is 159 Å². The van der Waals surface area contributed by atoms with Crippen molar-refractivity contribution in [1.29, 1.82) is 0 Å². The first-order valence-electron chi connectivity index (χ1n) is 8.67. The molecule has 0 spiro atoms. The normalized spacial score (nSPS) is 10.3. The molecule has 0 bridgehead atoms. The standard InChI is InChI=1S/C16H15NO3.C5H11NO/c1-17-13(11-12-7-3-2-4-8-12)16(19)20-15-10-6-5-9-14(15)18;1-3-4-5(7)6-2/h2-11,17-18H,1H3;3-4H2,1-2H3,(H,6,7). The number of hydrogen-bond acceptors (Lipinski definition) is 5. The zero-order chi connectivity index (χ0) is 20.1. The minimum absolute atomic E-state index is 0.0731. The molecule has 2 aromatic carbocycles. The lowest BCUT2D eigenvalue weighted by Crippen LogP contribution is -2.21. The molecule has 0 fully saturated rings. The van der Waals surface area contributed by atoms with E-state index in [1.807, 2.05) is 37.3 Å². The molecule has 2 rings (SSSR count). The first-order valence-corrected chi connectivity index (χ1v) is 8.67. The van der Waals surface area contributed by atoms with Crippen molar-refractivity contribution in [2.24, 2.45) is 0 Å². The molecular weight excluding hydrogens is 344 g/mol. The number of phenolic OH excluding ortho intramolecular Hbond substituents is 1. The van der Waals surface area contributed by atoms with Gasteiger partial charge in [-0.2, -0.15) is 0 Å². The van der Waals surface area contributed by atoms with Crippen molar-refractivity contribution in [3.8, 4) is 11.5 Å². The van der Waals surface area contributed by atoms with Crippen LogP contribution in [0, 0.1) is 0 Å². The number of likely N-dealkylation sites (N-methyl/N-ethyl adjacent to an activating group) is 1. The van der Waals surface area contributed by atoms with Gasteiger partial charge in [0.25, 0.3) is 0 Å². The Kier molecular flexibility index (Phi) is 9.78. The van der Waals surface area contributed by atoms with Gasteiger partial charge in [-0.25, -0.2) is 4.79 Å². The smallest absolute Gasteiger partial charge is 0.359 e. The summed E-state index contributed by atoms with van der Waals surface area (Å²) in [5.74, 6) is -0.372. The van der Waals surface area contributed by atoms with Gasteiger partial charge in [0, 0.05) is 20.5 Å². The molecular formula is C21H26N2O4.